The van der Waals surface area contributed by atoms with Gasteiger partial charge in [-0.25, -0.2) is 0 Å². The van der Waals surface area contributed by atoms with Crippen molar-refractivity contribution in [2.24, 2.45) is 11.8 Å². The van der Waals surface area contributed by atoms with Crippen molar-refractivity contribution in [3.63, 3.8) is 0 Å². The molecule has 39 heavy (non-hydrogen) atoms. The fourth-order valence-corrected chi connectivity index (χ4v) is 4.01. The molecule has 3 aromatic rings. The van der Waals surface area contributed by atoms with Gasteiger partial charge in [0.15, 0.2) is 0 Å². The van der Waals surface area contributed by atoms with Gasteiger partial charge in [0.2, 0.25) is 0 Å². The van der Waals surface area contributed by atoms with Gasteiger partial charge in [-0.1, -0.05) is 26.0 Å². The Balaban J connectivity index is 1.66. The molecule has 0 amide bonds. The Labute approximate surface area is 225 Å². The van der Waals surface area contributed by atoms with Crippen LogP contribution in [0.3, 0.4) is 0 Å². The van der Waals surface area contributed by atoms with Crippen LogP contribution in [0.15, 0.2) is 46.9 Å². The van der Waals surface area contributed by atoms with E-state index in [-0.39, 0.29) is 49.6 Å². The molecule has 0 aliphatic rings. The standard InChI is InChI=1S/C29H35F3O7/c1-18(2)28(36)38-17-22(35)8-5-20(15-34)16-37-23-9-7-21-13-27(39-26(21)14-23)24-10-6-19(4-3-11-33)12-25(24)29(30,31)32/h6-7,9-10,12-14,18,20,22,33-35H,3-5,8,11,15-17H2,1-2H3. The SMILES string of the molecule is CC(C)C(=O)OCC(O)CCC(CO)COc1ccc2cc(-c3ccc(CCCO)cc3C(F)(F)F)oc2c1. The second kappa shape index (κ2) is 13.8. The molecule has 3 rings (SSSR count). The second-order valence-corrected chi connectivity index (χ2v) is 9.89. The van der Waals surface area contributed by atoms with Crippen molar-refractivity contribution in [1.82, 2.24) is 0 Å². The van der Waals surface area contributed by atoms with E-state index in [9.17, 15) is 28.2 Å². The molecule has 0 saturated heterocycles. The molecular weight excluding hydrogens is 517 g/mol. The molecule has 0 spiro atoms. The van der Waals surface area contributed by atoms with Crippen molar-refractivity contribution < 1.29 is 47.2 Å². The molecule has 2 unspecified atom stereocenters. The van der Waals surface area contributed by atoms with Crippen molar-refractivity contribution >= 4 is 16.9 Å². The number of rotatable bonds is 14. The number of aliphatic hydroxyl groups excluding tert-OH is 3. The summed E-state index contributed by atoms with van der Waals surface area (Å²) in [5.41, 5.74) is -0.0512. The number of aliphatic hydroxyl groups is 3. The zero-order valence-corrected chi connectivity index (χ0v) is 22.0. The number of fused-ring (bicyclic) bond motifs is 1. The minimum absolute atomic E-state index is 0.0728. The van der Waals surface area contributed by atoms with E-state index in [0.717, 1.165) is 6.07 Å². The zero-order chi connectivity index (χ0) is 28.6. The third kappa shape index (κ3) is 8.71. The summed E-state index contributed by atoms with van der Waals surface area (Å²) < 4.78 is 58.0. The summed E-state index contributed by atoms with van der Waals surface area (Å²) in [6.45, 7) is 3.14. The van der Waals surface area contributed by atoms with Crippen LogP contribution in [0.1, 0.15) is 44.2 Å². The third-order valence-electron chi connectivity index (χ3n) is 6.31. The molecule has 214 valence electrons. The van der Waals surface area contributed by atoms with Gasteiger partial charge in [-0.2, -0.15) is 13.2 Å². The maximum absolute atomic E-state index is 13.8. The number of furan rings is 1. The summed E-state index contributed by atoms with van der Waals surface area (Å²) in [6.07, 6.45) is -4.00. The molecular formula is C29H35F3O7. The van der Waals surface area contributed by atoms with Crippen molar-refractivity contribution in [1.29, 1.82) is 0 Å². The quantitative estimate of drug-likeness (QED) is 0.231. The number of ether oxygens (including phenoxy) is 2. The molecule has 0 aliphatic heterocycles. The Kier molecular flexibility index (Phi) is 10.8. The van der Waals surface area contributed by atoms with E-state index in [1.165, 1.54) is 6.07 Å². The van der Waals surface area contributed by atoms with Gasteiger partial charge in [0.05, 0.1) is 24.2 Å². The van der Waals surface area contributed by atoms with Crippen LogP contribution in [0.4, 0.5) is 13.2 Å². The number of halogens is 3. The van der Waals surface area contributed by atoms with Crippen LogP contribution in [0.25, 0.3) is 22.3 Å². The fourth-order valence-electron chi connectivity index (χ4n) is 4.01. The average Bonchev–Trinajstić information content (AvgIpc) is 3.33. The molecule has 1 heterocycles. The van der Waals surface area contributed by atoms with Crippen LogP contribution in [0.2, 0.25) is 0 Å². The molecule has 3 N–H and O–H groups in total. The van der Waals surface area contributed by atoms with Gasteiger partial charge in [0.1, 0.15) is 23.7 Å². The highest BCUT2D eigenvalue weighted by Gasteiger charge is 2.35. The number of benzene rings is 2. The first-order valence-corrected chi connectivity index (χ1v) is 12.9. The van der Waals surface area contributed by atoms with Gasteiger partial charge in [-0.15, -0.1) is 0 Å². The van der Waals surface area contributed by atoms with Gasteiger partial charge < -0.3 is 29.2 Å². The summed E-state index contributed by atoms with van der Waals surface area (Å²) in [7, 11) is 0. The lowest BCUT2D eigenvalue weighted by Crippen LogP contribution is -2.23. The first-order chi connectivity index (χ1) is 18.5. The number of aryl methyl sites for hydroxylation is 1. The third-order valence-corrected chi connectivity index (χ3v) is 6.31. The molecule has 0 fully saturated rings. The lowest BCUT2D eigenvalue weighted by atomic mass is 9.99. The van der Waals surface area contributed by atoms with Crippen LogP contribution in [0.5, 0.6) is 5.75 Å². The Bertz CT molecular complexity index is 1220. The van der Waals surface area contributed by atoms with Gasteiger partial charge in [0, 0.05) is 36.1 Å². The smallest absolute Gasteiger partial charge is 0.417 e. The van der Waals surface area contributed by atoms with Crippen molar-refractivity contribution in [3.8, 4) is 17.1 Å². The lowest BCUT2D eigenvalue weighted by molar-refractivity contribution is -0.150. The van der Waals surface area contributed by atoms with Crippen LogP contribution in [-0.4, -0.2) is 53.8 Å². The van der Waals surface area contributed by atoms with Crippen molar-refractivity contribution in [2.75, 3.05) is 26.4 Å². The molecule has 1 aromatic heterocycles. The number of carbonyl (C=O) groups is 1. The highest BCUT2D eigenvalue weighted by molar-refractivity contribution is 5.84. The molecule has 10 heteroatoms. The average molecular weight is 553 g/mol. The van der Waals surface area contributed by atoms with Crippen LogP contribution >= 0.6 is 0 Å². The van der Waals surface area contributed by atoms with E-state index in [1.54, 1.807) is 44.2 Å². The Morgan fingerprint density at radius 2 is 1.79 bits per heavy atom. The maximum atomic E-state index is 13.8. The van der Waals surface area contributed by atoms with Gasteiger partial charge in [-0.05, 0) is 55.5 Å². The number of alkyl halides is 3. The normalized spacial score (nSPS) is 13.6. The second-order valence-electron chi connectivity index (χ2n) is 9.89. The molecule has 2 atom stereocenters. The summed E-state index contributed by atoms with van der Waals surface area (Å²) in [5.74, 6) is -0.473. The Hall–Kier alpha value is -3.08. The molecule has 0 aliphatic carbocycles. The van der Waals surface area contributed by atoms with E-state index >= 15 is 0 Å². The fraction of sp³-hybridized carbons (Fsp3) is 0.483. The van der Waals surface area contributed by atoms with E-state index in [4.69, 9.17) is 19.0 Å². The van der Waals surface area contributed by atoms with Crippen LogP contribution in [-0.2, 0) is 22.1 Å². The molecule has 0 saturated carbocycles. The minimum atomic E-state index is -4.58. The predicted molar refractivity (Wildman–Crippen MR) is 139 cm³/mol. The first kappa shape index (κ1) is 30.5. The van der Waals surface area contributed by atoms with Gasteiger partial charge in [-0.3, -0.25) is 4.79 Å². The summed E-state index contributed by atoms with van der Waals surface area (Å²) in [5, 5.41) is 29.3. The van der Waals surface area contributed by atoms with E-state index in [2.05, 4.69) is 0 Å². The van der Waals surface area contributed by atoms with E-state index in [0.29, 0.717) is 48.0 Å². The lowest BCUT2D eigenvalue weighted by Gasteiger charge is -2.18. The predicted octanol–water partition coefficient (Wildman–Crippen LogP) is 5.37. The molecule has 0 radical (unpaired) electrons. The van der Waals surface area contributed by atoms with E-state index in [1.807, 2.05) is 0 Å². The first-order valence-electron chi connectivity index (χ1n) is 12.9. The zero-order valence-electron chi connectivity index (χ0n) is 22.0. The monoisotopic (exact) mass is 552 g/mol. The van der Waals surface area contributed by atoms with Crippen molar-refractivity contribution in [3.05, 3.63) is 53.6 Å². The topological polar surface area (TPSA) is 109 Å². The highest BCUT2D eigenvalue weighted by atomic mass is 19.4. The molecule has 0 bridgehead atoms. The molecule has 7 nitrogen and oxygen atoms in total. The number of hydrogen-bond acceptors (Lipinski definition) is 7. The van der Waals surface area contributed by atoms with E-state index < -0.39 is 23.8 Å². The highest BCUT2D eigenvalue weighted by Crippen LogP contribution is 2.40. The number of hydrogen-bond donors (Lipinski definition) is 3. The maximum Gasteiger partial charge on any atom is 0.417 e. The largest absolute Gasteiger partial charge is 0.493 e. The van der Waals surface area contributed by atoms with Crippen LogP contribution < -0.4 is 4.74 Å². The molecule has 2 aromatic carbocycles. The Morgan fingerprint density at radius 3 is 2.46 bits per heavy atom. The van der Waals surface area contributed by atoms with Gasteiger partial charge >= 0.3 is 12.1 Å². The van der Waals surface area contributed by atoms with Crippen LogP contribution in [0, 0.1) is 11.8 Å². The number of esters is 1. The summed E-state index contributed by atoms with van der Waals surface area (Å²) in [6, 6.07) is 10.5. The minimum Gasteiger partial charge on any atom is -0.493 e. The summed E-state index contributed by atoms with van der Waals surface area (Å²) in [4.78, 5) is 11.5. The van der Waals surface area contributed by atoms with Crippen molar-refractivity contribution in [2.45, 2.75) is 51.8 Å². The summed E-state index contributed by atoms with van der Waals surface area (Å²) >= 11 is 0. The Morgan fingerprint density at radius 1 is 1.03 bits per heavy atom. The van der Waals surface area contributed by atoms with Gasteiger partial charge in [0.25, 0.3) is 0 Å². The number of carbonyl (C=O) groups excluding carboxylic acids is 1.